The first-order valence-electron chi connectivity index (χ1n) is 5.96. The first kappa shape index (κ1) is 12.0. The molecule has 1 aliphatic rings. The fraction of sp³-hybridized carbons (Fsp3) is 0.231. The zero-order valence-corrected chi connectivity index (χ0v) is 10.8. The van der Waals surface area contributed by atoms with Crippen LogP contribution in [0.25, 0.3) is 11.4 Å². The van der Waals surface area contributed by atoms with E-state index in [0.717, 1.165) is 5.56 Å². The average molecular weight is 275 g/mol. The molecule has 0 amide bonds. The number of hydrogen-bond acceptors (Lipinski definition) is 5. The second-order valence-corrected chi connectivity index (χ2v) is 4.74. The largest absolute Gasteiger partial charge is 0.350 e. The highest BCUT2D eigenvalue weighted by atomic mass is 35.5. The Bertz CT molecular complexity index is 609. The maximum Gasteiger partial charge on any atom is 0.227 e. The quantitative estimate of drug-likeness (QED) is 0.930. The zero-order chi connectivity index (χ0) is 13.2. The first-order valence-corrected chi connectivity index (χ1v) is 6.34. The number of carbonyl (C=O) groups excluding carboxylic acids is 1. The Morgan fingerprint density at radius 3 is 2.53 bits per heavy atom. The molecule has 1 heterocycles. The zero-order valence-electron chi connectivity index (χ0n) is 10.0. The van der Waals surface area contributed by atoms with Crippen molar-refractivity contribution in [3.63, 3.8) is 0 Å². The summed E-state index contributed by atoms with van der Waals surface area (Å²) in [6, 6.07) is 9.65. The highest BCUT2D eigenvalue weighted by Crippen LogP contribution is 2.21. The predicted molar refractivity (Wildman–Crippen MR) is 71.9 cm³/mol. The number of aromatic nitrogens is 3. The van der Waals surface area contributed by atoms with Crippen LogP contribution >= 0.6 is 11.6 Å². The van der Waals surface area contributed by atoms with Crippen molar-refractivity contribution in [2.24, 2.45) is 0 Å². The third kappa shape index (κ3) is 2.71. The third-order valence-corrected chi connectivity index (χ3v) is 3.09. The van der Waals surface area contributed by atoms with E-state index < -0.39 is 0 Å². The summed E-state index contributed by atoms with van der Waals surface area (Å²) in [6.07, 6.45) is 1.04. The molecule has 2 aromatic rings. The van der Waals surface area contributed by atoms with Gasteiger partial charge in [0.1, 0.15) is 5.78 Å². The van der Waals surface area contributed by atoms with E-state index in [9.17, 15) is 4.79 Å². The van der Waals surface area contributed by atoms with Gasteiger partial charge in [-0.1, -0.05) is 30.3 Å². The van der Waals surface area contributed by atoms with Gasteiger partial charge in [0, 0.05) is 24.4 Å². The van der Waals surface area contributed by atoms with Crippen molar-refractivity contribution in [3.05, 3.63) is 35.6 Å². The molecule has 1 saturated carbocycles. The normalized spacial score (nSPS) is 15.1. The number of halogens is 1. The van der Waals surface area contributed by atoms with E-state index in [1.54, 1.807) is 0 Å². The van der Waals surface area contributed by atoms with Crippen molar-refractivity contribution in [1.29, 1.82) is 0 Å². The van der Waals surface area contributed by atoms with Gasteiger partial charge in [0.2, 0.25) is 11.2 Å². The minimum atomic E-state index is 0.106. The van der Waals surface area contributed by atoms with Gasteiger partial charge in [0.25, 0.3) is 0 Å². The van der Waals surface area contributed by atoms with Crippen LogP contribution in [0.15, 0.2) is 30.3 Å². The second-order valence-electron chi connectivity index (χ2n) is 4.41. The van der Waals surface area contributed by atoms with E-state index in [4.69, 9.17) is 11.6 Å². The number of carbonyl (C=O) groups is 1. The SMILES string of the molecule is O=C1CC(Nc2nc(Cl)nc(-c3ccccc3)n2)C1. The Balaban J connectivity index is 1.86. The molecule has 5 nitrogen and oxygen atoms in total. The lowest BCUT2D eigenvalue weighted by atomic mass is 9.92. The lowest BCUT2D eigenvalue weighted by Gasteiger charge is -2.24. The van der Waals surface area contributed by atoms with Crippen molar-refractivity contribution < 1.29 is 4.79 Å². The topological polar surface area (TPSA) is 67.8 Å². The number of nitrogens with one attached hydrogen (secondary N) is 1. The van der Waals surface area contributed by atoms with Crippen molar-refractivity contribution in [3.8, 4) is 11.4 Å². The van der Waals surface area contributed by atoms with Crippen LogP contribution in [-0.4, -0.2) is 26.8 Å². The Morgan fingerprint density at radius 2 is 1.84 bits per heavy atom. The Morgan fingerprint density at radius 1 is 1.11 bits per heavy atom. The molecule has 1 aromatic carbocycles. The molecule has 1 aromatic heterocycles. The van der Waals surface area contributed by atoms with E-state index >= 15 is 0 Å². The molecule has 0 bridgehead atoms. The summed E-state index contributed by atoms with van der Waals surface area (Å²) in [5, 5.41) is 3.23. The lowest BCUT2D eigenvalue weighted by molar-refractivity contribution is -0.124. The van der Waals surface area contributed by atoms with Crippen molar-refractivity contribution in [1.82, 2.24) is 15.0 Å². The minimum absolute atomic E-state index is 0.106. The summed E-state index contributed by atoms with van der Waals surface area (Å²) in [7, 11) is 0. The van der Waals surface area contributed by atoms with Crippen LogP contribution in [0.3, 0.4) is 0 Å². The van der Waals surface area contributed by atoms with E-state index in [2.05, 4.69) is 20.3 Å². The Kier molecular flexibility index (Phi) is 3.13. The molecule has 0 saturated heterocycles. The molecule has 1 aliphatic carbocycles. The van der Waals surface area contributed by atoms with Gasteiger partial charge in [0.05, 0.1) is 0 Å². The van der Waals surface area contributed by atoms with Crippen molar-refractivity contribution in [2.45, 2.75) is 18.9 Å². The van der Waals surface area contributed by atoms with Crippen LogP contribution in [0, 0.1) is 0 Å². The molecule has 0 radical (unpaired) electrons. The van der Waals surface area contributed by atoms with E-state index in [-0.39, 0.29) is 17.1 Å². The van der Waals surface area contributed by atoms with E-state index in [0.29, 0.717) is 24.6 Å². The molecular formula is C13H11ClN4O. The number of hydrogen-bond donors (Lipinski definition) is 1. The number of anilines is 1. The number of rotatable bonds is 3. The lowest BCUT2D eigenvalue weighted by Crippen LogP contribution is -2.36. The third-order valence-electron chi connectivity index (χ3n) is 2.92. The van der Waals surface area contributed by atoms with Crippen LogP contribution in [-0.2, 0) is 4.79 Å². The van der Waals surface area contributed by atoms with Gasteiger partial charge in [0.15, 0.2) is 5.82 Å². The van der Waals surface area contributed by atoms with Gasteiger partial charge in [-0.05, 0) is 11.6 Å². The van der Waals surface area contributed by atoms with Gasteiger partial charge in [-0.25, -0.2) is 0 Å². The molecule has 1 N–H and O–H groups in total. The molecule has 0 spiro atoms. The van der Waals surface area contributed by atoms with Crippen LogP contribution in [0.5, 0.6) is 0 Å². The number of benzene rings is 1. The number of ketones is 1. The summed E-state index contributed by atoms with van der Waals surface area (Å²) in [6.45, 7) is 0. The summed E-state index contributed by atoms with van der Waals surface area (Å²) in [4.78, 5) is 23.4. The maximum absolute atomic E-state index is 10.9. The monoisotopic (exact) mass is 274 g/mol. The minimum Gasteiger partial charge on any atom is -0.350 e. The summed E-state index contributed by atoms with van der Waals surface area (Å²) < 4.78 is 0. The van der Waals surface area contributed by atoms with Gasteiger partial charge in [-0.3, -0.25) is 4.79 Å². The summed E-state index contributed by atoms with van der Waals surface area (Å²) in [5.41, 5.74) is 0.875. The van der Waals surface area contributed by atoms with E-state index in [1.807, 2.05) is 30.3 Å². The predicted octanol–water partition coefficient (Wildman–Crippen LogP) is 2.34. The Labute approximate surface area is 115 Å². The van der Waals surface area contributed by atoms with Crippen LogP contribution in [0.4, 0.5) is 5.95 Å². The Hall–Kier alpha value is -2.01. The second kappa shape index (κ2) is 4.93. The highest BCUT2D eigenvalue weighted by Gasteiger charge is 2.27. The van der Waals surface area contributed by atoms with Crippen LogP contribution in [0.1, 0.15) is 12.8 Å². The fourth-order valence-corrected chi connectivity index (χ4v) is 2.07. The van der Waals surface area contributed by atoms with Gasteiger partial charge >= 0.3 is 0 Å². The molecule has 19 heavy (non-hydrogen) atoms. The standard InChI is InChI=1S/C13H11ClN4O/c14-12-16-11(8-4-2-1-3-5-8)17-13(18-12)15-9-6-10(19)7-9/h1-5,9H,6-7H2,(H,15,16,17,18). The van der Waals surface area contributed by atoms with E-state index in [1.165, 1.54) is 0 Å². The van der Waals surface area contributed by atoms with Crippen LogP contribution in [0.2, 0.25) is 5.28 Å². The molecule has 3 rings (SSSR count). The molecule has 96 valence electrons. The molecule has 0 atom stereocenters. The average Bonchev–Trinajstić information content (AvgIpc) is 2.37. The molecule has 0 unspecified atom stereocenters. The van der Waals surface area contributed by atoms with Crippen LogP contribution < -0.4 is 5.32 Å². The maximum atomic E-state index is 10.9. The summed E-state index contributed by atoms with van der Waals surface area (Å²) in [5.74, 6) is 1.19. The number of Topliss-reactive ketones (excluding diaryl/α,β-unsaturated/α-hetero) is 1. The van der Waals surface area contributed by atoms with Crippen molar-refractivity contribution >= 4 is 23.3 Å². The van der Waals surface area contributed by atoms with Gasteiger partial charge < -0.3 is 5.32 Å². The highest BCUT2D eigenvalue weighted by molar-refractivity contribution is 6.28. The first-order chi connectivity index (χ1) is 9.20. The molecule has 0 aliphatic heterocycles. The molecular weight excluding hydrogens is 264 g/mol. The van der Waals surface area contributed by atoms with Gasteiger partial charge in [-0.15, -0.1) is 0 Å². The number of nitrogens with zero attached hydrogens (tertiary/aromatic N) is 3. The van der Waals surface area contributed by atoms with Gasteiger partial charge in [-0.2, -0.15) is 15.0 Å². The molecule has 6 heteroatoms. The molecule has 1 fully saturated rings. The fourth-order valence-electron chi connectivity index (χ4n) is 1.91. The smallest absolute Gasteiger partial charge is 0.227 e. The van der Waals surface area contributed by atoms with Crippen molar-refractivity contribution in [2.75, 3.05) is 5.32 Å². The summed E-state index contributed by atoms with van der Waals surface area (Å²) >= 11 is 5.90.